The molecule has 3 rings (SSSR count). The lowest BCUT2D eigenvalue weighted by Crippen LogP contribution is -2.50. The van der Waals surface area contributed by atoms with Crippen LogP contribution in [-0.4, -0.2) is 60.9 Å². The van der Waals surface area contributed by atoms with Crippen LogP contribution in [0.1, 0.15) is 11.5 Å². The molecule has 0 aromatic carbocycles. The maximum Gasteiger partial charge on any atom is 0.228 e. The van der Waals surface area contributed by atoms with E-state index in [1.807, 2.05) is 24.4 Å². The number of carbonyl (C=O) groups is 1. The Labute approximate surface area is 144 Å². The molecule has 3 heterocycles. The fourth-order valence-electron chi connectivity index (χ4n) is 2.59. The van der Waals surface area contributed by atoms with Gasteiger partial charge < -0.3 is 9.32 Å². The summed E-state index contributed by atoms with van der Waals surface area (Å²) in [5.41, 5.74) is 0.708. The van der Waals surface area contributed by atoms with Crippen LogP contribution in [0.3, 0.4) is 0 Å². The number of nitrogens with zero attached hydrogens (tertiary/aromatic N) is 3. The number of sulfonamides is 1. The highest BCUT2D eigenvalue weighted by atomic mass is 32.2. The molecular formula is C15H19N3O4S2. The first kappa shape index (κ1) is 17.1. The van der Waals surface area contributed by atoms with E-state index in [1.54, 1.807) is 4.90 Å². The average molecular weight is 369 g/mol. The summed E-state index contributed by atoms with van der Waals surface area (Å²) in [5.74, 6) is 1.50. The second-order valence-electron chi connectivity index (χ2n) is 5.77. The van der Waals surface area contributed by atoms with Crippen LogP contribution in [-0.2, 0) is 21.2 Å². The minimum atomic E-state index is -3.18. The molecule has 9 heteroatoms. The number of aromatic nitrogens is 1. The topological polar surface area (TPSA) is 83.7 Å². The number of thiazole rings is 1. The lowest BCUT2D eigenvalue weighted by molar-refractivity contribution is -0.131. The van der Waals surface area contributed by atoms with Crippen LogP contribution in [0, 0.1) is 6.92 Å². The van der Waals surface area contributed by atoms with Crippen LogP contribution < -0.4 is 0 Å². The minimum absolute atomic E-state index is 0.0318. The van der Waals surface area contributed by atoms with Gasteiger partial charge in [-0.15, -0.1) is 11.3 Å². The lowest BCUT2D eigenvalue weighted by Gasteiger charge is -2.33. The molecule has 1 aliphatic heterocycles. The third-order valence-corrected chi connectivity index (χ3v) is 6.10. The smallest absolute Gasteiger partial charge is 0.228 e. The summed E-state index contributed by atoms with van der Waals surface area (Å²) in [6.45, 7) is 3.40. The molecule has 0 aliphatic carbocycles. The minimum Gasteiger partial charge on any atom is -0.459 e. The number of rotatable bonds is 4. The Kier molecular flexibility index (Phi) is 4.75. The van der Waals surface area contributed by atoms with Gasteiger partial charge in [-0.1, -0.05) is 0 Å². The van der Waals surface area contributed by atoms with Crippen molar-refractivity contribution in [1.29, 1.82) is 0 Å². The van der Waals surface area contributed by atoms with Crippen LogP contribution >= 0.6 is 11.3 Å². The Morgan fingerprint density at radius 2 is 2.00 bits per heavy atom. The molecule has 130 valence electrons. The van der Waals surface area contributed by atoms with E-state index >= 15 is 0 Å². The summed E-state index contributed by atoms with van der Waals surface area (Å²) in [5, 5.41) is 2.62. The van der Waals surface area contributed by atoms with Crippen molar-refractivity contribution >= 4 is 27.3 Å². The Morgan fingerprint density at radius 1 is 1.29 bits per heavy atom. The van der Waals surface area contributed by atoms with Crippen molar-refractivity contribution in [1.82, 2.24) is 14.2 Å². The van der Waals surface area contributed by atoms with Crippen molar-refractivity contribution in [3.63, 3.8) is 0 Å². The Bertz CT molecular complexity index is 833. The first-order valence-corrected chi connectivity index (χ1v) is 10.3. The quantitative estimate of drug-likeness (QED) is 0.812. The molecule has 0 N–H and O–H groups in total. The number of carbonyl (C=O) groups excluding carboxylic acids is 1. The fourth-order valence-corrected chi connectivity index (χ4v) is 4.19. The monoisotopic (exact) mass is 369 g/mol. The van der Waals surface area contributed by atoms with Crippen LogP contribution in [0.15, 0.2) is 21.9 Å². The van der Waals surface area contributed by atoms with Gasteiger partial charge in [0.25, 0.3) is 0 Å². The van der Waals surface area contributed by atoms with Crippen molar-refractivity contribution in [3.05, 3.63) is 29.0 Å². The maximum atomic E-state index is 12.4. The summed E-state index contributed by atoms with van der Waals surface area (Å²) in [6, 6.07) is 3.74. The molecule has 2 aromatic heterocycles. The number of piperazine rings is 1. The van der Waals surface area contributed by atoms with Crippen molar-refractivity contribution in [2.75, 3.05) is 32.4 Å². The second kappa shape index (κ2) is 6.66. The summed E-state index contributed by atoms with van der Waals surface area (Å²) in [6.07, 6.45) is 1.41. The first-order valence-electron chi connectivity index (χ1n) is 7.57. The van der Waals surface area contributed by atoms with Crippen LogP contribution in [0.4, 0.5) is 0 Å². The summed E-state index contributed by atoms with van der Waals surface area (Å²) < 4.78 is 29.9. The third kappa shape index (κ3) is 3.85. The highest BCUT2D eigenvalue weighted by Crippen LogP contribution is 2.25. The molecule has 0 unspecified atom stereocenters. The lowest BCUT2D eigenvalue weighted by atomic mass is 10.2. The van der Waals surface area contributed by atoms with E-state index in [1.165, 1.54) is 21.9 Å². The second-order valence-corrected chi connectivity index (χ2v) is 8.61. The number of aryl methyl sites for hydroxylation is 1. The van der Waals surface area contributed by atoms with Crippen molar-refractivity contribution in [2.45, 2.75) is 13.3 Å². The van der Waals surface area contributed by atoms with Gasteiger partial charge in [0.05, 0.1) is 18.4 Å². The van der Waals surface area contributed by atoms with E-state index in [4.69, 9.17) is 4.42 Å². The summed E-state index contributed by atoms with van der Waals surface area (Å²) in [7, 11) is -3.18. The highest BCUT2D eigenvalue weighted by molar-refractivity contribution is 7.88. The summed E-state index contributed by atoms with van der Waals surface area (Å²) in [4.78, 5) is 18.5. The fraction of sp³-hybridized carbons (Fsp3) is 0.467. The van der Waals surface area contributed by atoms with E-state index < -0.39 is 10.0 Å². The number of hydrogen-bond acceptors (Lipinski definition) is 6. The zero-order valence-corrected chi connectivity index (χ0v) is 15.2. The molecule has 0 bridgehead atoms. The standard InChI is InChI=1S/C15H19N3O4S2/c1-11-3-4-13(22-11)15-16-12(10-23-15)9-14(19)17-5-7-18(8-6-17)24(2,20)21/h3-4,10H,5-9H2,1-2H3. The van der Waals surface area contributed by atoms with Gasteiger partial charge in [-0.2, -0.15) is 4.31 Å². The Morgan fingerprint density at radius 3 is 2.58 bits per heavy atom. The molecule has 1 saturated heterocycles. The van der Waals surface area contributed by atoms with Gasteiger partial charge in [-0.3, -0.25) is 4.79 Å². The largest absolute Gasteiger partial charge is 0.459 e. The van der Waals surface area contributed by atoms with E-state index in [9.17, 15) is 13.2 Å². The third-order valence-electron chi connectivity index (χ3n) is 3.90. The van der Waals surface area contributed by atoms with Gasteiger partial charge in [-0.25, -0.2) is 13.4 Å². The van der Waals surface area contributed by atoms with E-state index in [0.717, 1.165) is 10.8 Å². The molecule has 1 amide bonds. The molecule has 2 aromatic rings. The van der Waals surface area contributed by atoms with Crippen LogP contribution in [0.5, 0.6) is 0 Å². The molecule has 0 saturated carbocycles. The molecule has 1 aliphatic rings. The summed E-state index contributed by atoms with van der Waals surface area (Å²) >= 11 is 1.45. The van der Waals surface area contributed by atoms with Crippen molar-refractivity contribution in [3.8, 4) is 10.8 Å². The molecule has 0 radical (unpaired) electrons. The molecule has 0 spiro atoms. The normalized spacial score (nSPS) is 16.5. The predicted molar refractivity (Wildman–Crippen MR) is 91.3 cm³/mol. The van der Waals surface area contributed by atoms with Gasteiger partial charge in [0.15, 0.2) is 10.8 Å². The van der Waals surface area contributed by atoms with Gasteiger partial charge in [0, 0.05) is 31.6 Å². The Balaban J connectivity index is 1.59. The number of furan rings is 1. The molecular weight excluding hydrogens is 350 g/mol. The van der Waals surface area contributed by atoms with Crippen LogP contribution in [0.2, 0.25) is 0 Å². The number of amides is 1. The zero-order valence-electron chi connectivity index (χ0n) is 13.6. The number of hydrogen-bond donors (Lipinski definition) is 0. The van der Waals surface area contributed by atoms with E-state index in [-0.39, 0.29) is 12.3 Å². The van der Waals surface area contributed by atoms with Gasteiger partial charge in [-0.05, 0) is 19.1 Å². The maximum absolute atomic E-state index is 12.4. The van der Waals surface area contributed by atoms with Gasteiger partial charge in [0.2, 0.25) is 15.9 Å². The predicted octanol–water partition coefficient (Wildman–Crippen LogP) is 1.36. The molecule has 1 fully saturated rings. The first-order chi connectivity index (χ1) is 11.3. The molecule has 7 nitrogen and oxygen atoms in total. The SMILES string of the molecule is Cc1ccc(-c2nc(CC(=O)N3CCN(S(C)(=O)=O)CC3)cs2)o1. The van der Waals surface area contributed by atoms with Gasteiger partial charge >= 0.3 is 0 Å². The zero-order chi connectivity index (χ0) is 17.3. The highest BCUT2D eigenvalue weighted by Gasteiger charge is 2.26. The van der Waals surface area contributed by atoms with Crippen molar-refractivity contribution < 1.29 is 17.6 Å². The van der Waals surface area contributed by atoms with Gasteiger partial charge in [0.1, 0.15) is 5.76 Å². The molecule has 0 atom stereocenters. The Hall–Kier alpha value is -1.71. The average Bonchev–Trinajstić information content (AvgIpc) is 3.15. The van der Waals surface area contributed by atoms with E-state index in [0.29, 0.717) is 37.6 Å². The molecule has 24 heavy (non-hydrogen) atoms. The van der Waals surface area contributed by atoms with Crippen molar-refractivity contribution in [2.24, 2.45) is 0 Å². The van der Waals surface area contributed by atoms with Crippen LogP contribution in [0.25, 0.3) is 10.8 Å². The van der Waals surface area contributed by atoms with E-state index in [2.05, 4.69) is 4.98 Å².